The Labute approximate surface area is 113 Å². The van der Waals surface area contributed by atoms with E-state index in [1.54, 1.807) is 6.20 Å². The Bertz CT molecular complexity index is 397. The molecule has 0 bridgehead atoms. The van der Waals surface area contributed by atoms with Crippen LogP contribution >= 0.6 is 0 Å². The van der Waals surface area contributed by atoms with E-state index in [1.807, 2.05) is 12.1 Å². The molecule has 0 radical (unpaired) electrons. The Kier molecular flexibility index (Phi) is 5.09. The monoisotopic (exact) mass is 263 g/mol. The number of anilines is 1. The molecule has 0 aromatic carbocycles. The van der Waals surface area contributed by atoms with Crippen LogP contribution in [-0.4, -0.2) is 41.8 Å². The molecule has 2 rings (SSSR count). The Morgan fingerprint density at radius 3 is 3.21 bits per heavy atom. The number of nitrogens with zero attached hydrogens (tertiary/aromatic N) is 3. The first-order valence-electron chi connectivity index (χ1n) is 6.82. The minimum absolute atomic E-state index is 0.0800. The summed E-state index contributed by atoms with van der Waals surface area (Å²) in [6, 6.07) is 4.16. The van der Waals surface area contributed by atoms with Gasteiger partial charge in [0.25, 0.3) is 0 Å². The SMILES string of the molecule is NCCCC(=O)NCC1CCCN1c1cccnn1. The molecule has 6 nitrogen and oxygen atoms in total. The van der Waals surface area contributed by atoms with Gasteiger partial charge in [0.15, 0.2) is 5.82 Å². The van der Waals surface area contributed by atoms with Crippen LogP contribution < -0.4 is 16.0 Å². The standard InChI is InChI=1S/C13H21N5O/c14-7-1-6-13(19)15-10-11-4-3-9-18(11)12-5-2-8-16-17-12/h2,5,8,11H,1,3-4,6-7,9-10,14H2,(H,15,19). The Morgan fingerprint density at radius 1 is 1.58 bits per heavy atom. The molecule has 1 atom stereocenters. The molecule has 1 aromatic rings. The first-order chi connectivity index (χ1) is 9.31. The summed E-state index contributed by atoms with van der Waals surface area (Å²) in [7, 11) is 0. The van der Waals surface area contributed by atoms with Gasteiger partial charge in [0, 0.05) is 31.7 Å². The quantitative estimate of drug-likeness (QED) is 0.771. The molecule has 19 heavy (non-hydrogen) atoms. The maximum absolute atomic E-state index is 11.6. The van der Waals surface area contributed by atoms with Gasteiger partial charge in [-0.1, -0.05) is 0 Å². The van der Waals surface area contributed by atoms with Crippen LogP contribution in [0.1, 0.15) is 25.7 Å². The van der Waals surface area contributed by atoms with E-state index in [9.17, 15) is 4.79 Å². The lowest BCUT2D eigenvalue weighted by atomic mass is 10.2. The molecule has 104 valence electrons. The maximum Gasteiger partial charge on any atom is 0.220 e. The summed E-state index contributed by atoms with van der Waals surface area (Å²) in [5.41, 5.74) is 5.39. The molecule has 1 fully saturated rings. The van der Waals surface area contributed by atoms with Crippen molar-refractivity contribution in [2.75, 3.05) is 24.5 Å². The highest BCUT2D eigenvalue weighted by atomic mass is 16.1. The van der Waals surface area contributed by atoms with Crippen molar-refractivity contribution in [1.29, 1.82) is 0 Å². The third-order valence-electron chi connectivity index (χ3n) is 3.37. The van der Waals surface area contributed by atoms with Gasteiger partial charge in [0.1, 0.15) is 0 Å². The van der Waals surface area contributed by atoms with E-state index in [4.69, 9.17) is 5.73 Å². The molecule has 3 N–H and O–H groups in total. The first-order valence-corrected chi connectivity index (χ1v) is 6.82. The molecular weight excluding hydrogens is 242 g/mol. The van der Waals surface area contributed by atoms with Gasteiger partial charge >= 0.3 is 0 Å². The van der Waals surface area contributed by atoms with Gasteiger partial charge in [-0.15, -0.1) is 5.10 Å². The lowest BCUT2D eigenvalue weighted by molar-refractivity contribution is -0.121. The number of nitrogens with two attached hydrogens (primary N) is 1. The van der Waals surface area contributed by atoms with Crippen LogP contribution in [0.5, 0.6) is 0 Å². The number of nitrogens with one attached hydrogen (secondary N) is 1. The van der Waals surface area contributed by atoms with E-state index >= 15 is 0 Å². The van der Waals surface area contributed by atoms with Crippen molar-refractivity contribution in [3.8, 4) is 0 Å². The molecule has 1 aliphatic rings. The van der Waals surface area contributed by atoms with Crippen molar-refractivity contribution in [2.24, 2.45) is 5.73 Å². The fourth-order valence-corrected chi connectivity index (χ4v) is 2.38. The van der Waals surface area contributed by atoms with Crippen LogP contribution in [0.3, 0.4) is 0 Å². The fraction of sp³-hybridized carbons (Fsp3) is 0.615. The fourth-order valence-electron chi connectivity index (χ4n) is 2.38. The summed E-state index contributed by atoms with van der Waals surface area (Å²) < 4.78 is 0. The molecule has 1 aliphatic heterocycles. The zero-order chi connectivity index (χ0) is 13.5. The highest BCUT2D eigenvalue weighted by Crippen LogP contribution is 2.22. The van der Waals surface area contributed by atoms with E-state index in [-0.39, 0.29) is 5.91 Å². The topological polar surface area (TPSA) is 84.1 Å². The largest absolute Gasteiger partial charge is 0.354 e. The Hall–Kier alpha value is -1.69. The van der Waals surface area contributed by atoms with Crippen molar-refractivity contribution in [2.45, 2.75) is 31.7 Å². The maximum atomic E-state index is 11.6. The summed E-state index contributed by atoms with van der Waals surface area (Å²) in [4.78, 5) is 13.8. The lowest BCUT2D eigenvalue weighted by Crippen LogP contribution is -2.40. The van der Waals surface area contributed by atoms with Gasteiger partial charge in [-0.25, -0.2) is 0 Å². The number of amides is 1. The van der Waals surface area contributed by atoms with Crippen LogP contribution in [0.4, 0.5) is 5.82 Å². The Balaban J connectivity index is 1.84. The van der Waals surface area contributed by atoms with E-state index < -0.39 is 0 Å². The number of hydrogen-bond acceptors (Lipinski definition) is 5. The molecule has 1 amide bonds. The average molecular weight is 263 g/mol. The minimum Gasteiger partial charge on any atom is -0.354 e. The van der Waals surface area contributed by atoms with Crippen LogP contribution in [0.15, 0.2) is 18.3 Å². The number of rotatable bonds is 6. The van der Waals surface area contributed by atoms with Gasteiger partial charge in [0.2, 0.25) is 5.91 Å². The van der Waals surface area contributed by atoms with E-state index in [1.165, 1.54) is 0 Å². The third-order valence-corrected chi connectivity index (χ3v) is 3.37. The lowest BCUT2D eigenvalue weighted by Gasteiger charge is -2.25. The van der Waals surface area contributed by atoms with Crippen LogP contribution in [0, 0.1) is 0 Å². The van der Waals surface area contributed by atoms with Crippen molar-refractivity contribution in [3.05, 3.63) is 18.3 Å². The number of aromatic nitrogens is 2. The van der Waals surface area contributed by atoms with Crippen molar-refractivity contribution >= 4 is 11.7 Å². The number of carbonyl (C=O) groups is 1. The van der Waals surface area contributed by atoms with Crippen LogP contribution in [0.2, 0.25) is 0 Å². The van der Waals surface area contributed by atoms with Gasteiger partial charge in [-0.3, -0.25) is 4.79 Å². The predicted molar refractivity (Wildman–Crippen MR) is 73.7 cm³/mol. The van der Waals surface area contributed by atoms with E-state index in [0.29, 0.717) is 25.6 Å². The second-order valence-corrected chi connectivity index (χ2v) is 4.77. The summed E-state index contributed by atoms with van der Waals surface area (Å²) in [6.07, 6.45) is 5.12. The van der Waals surface area contributed by atoms with Crippen molar-refractivity contribution in [3.63, 3.8) is 0 Å². The summed E-state index contributed by atoms with van der Waals surface area (Å²) >= 11 is 0. The van der Waals surface area contributed by atoms with Crippen LogP contribution in [-0.2, 0) is 4.79 Å². The smallest absolute Gasteiger partial charge is 0.220 e. The van der Waals surface area contributed by atoms with E-state index in [2.05, 4.69) is 20.4 Å². The van der Waals surface area contributed by atoms with Crippen molar-refractivity contribution in [1.82, 2.24) is 15.5 Å². The van der Waals surface area contributed by atoms with Crippen molar-refractivity contribution < 1.29 is 4.79 Å². The second kappa shape index (κ2) is 7.04. The molecule has 0 saturated carbocycles. The van der Waals surface area contributed by atoms with Crippen LogP contribution in [0.25, 0.3) is 0 Å². The van der Waals surface area contributed by atoms with Gasteiger partial charge in [-0.2, -0.15) is 5.10 Å². The molecular formula is C13H21N5O. The second-order valence-electron chi connectivity index (χ2n) is 4.77. The molecule has 1 aromatic heterocycles. The van der Waals surface area contributed by atoms with Gasteiger partial charge in [0.05, 0.1) is 0 Å². The molecule has 0 spiro atoms. The number of carbonyl (C=O) groups excluding carboxylic acids is 1. The molecule has 1 saturated heterocycles. The first kappa shape index (κ1) is 13.7. The normalized spacial score (nSPS) is 18.6. The molecule has 2 heterocycles. The predicted octanol–water partition coefficient (Wildman–Crippen LogP) is 0.301. The highest BCUT2D eigenvalue weighted by molar-refractivity contribution is 5.75. The summed E-state index contributed by atoms with van der Waals surface area (Å²) in [5, 5.41) is 11.0. The zero-order valence-corrected chi connectivity index (χ0v) is 11.1. The zero-order valence-electron chi connectivity index (χ0n) is 11.1. The van der Waals surface area contributed by atoms with E-state index in [0.717, 1.165) is 31.6 Å². The minimum atomic E-state index is 0.0800. The highest BCUT2D eigenvalue weighted by Gasteiger charge is 2.25. The summed E-state index contributed by atoms with van der Waals surface area (Å²) in [6.45, 7) is 2.20. The Morgan fingerprint density at radius 2 is 2.47 bits per heavy atom. The number of hydrogen-bond donors (Lipinski definition) is 2. The molecule has 0 aliphatic carbocycles. The van der Waals surface area contributed by atoms with Gasteiger partial charge < -0.3 is 16.0 Å². The molecule has 6 heteroatoms. The van der Waals surface area contributed by atoms with Gasteiger partial charge in [-0.05, 0) is 37.9 Å². The molecule has 1 unspecified atom stereocenters. The summed E-state index contributed by atoms with van der Waals surface area (Å²) in [5.74, 6) is 0.970. The average Bonchev–Trinajstić information content (AvgIpc) is 2.92. The third kappa shape index (κ3) is 3.89.